The van der Waals surface area contributed by atoms with Crippen LogP contribution in [0, 0.1) is 5.92 Å². The molecule has 1 aliphatic carbocycles. The van der Waals surface area contributed by atoms with E-state index in [9.17, 15) is 14.7 Å². The zero-order valence-corrected chi connectivity index (χ0v) is 10.00. The minimum absolute atomic E-state index is 0.0689. The molecule has 1 saturated carbocycles. The number of carboxylic acid groups (broad SMARTS) is 1. The summed E-state index contributed by atoms with van der Waals surface area (Å²) in [4.78, 5) is 23.4. The summed E-state index contributed by atoms with van der Waals surface area (Å²) < 4.78 is 0. The Morgan fingerprint density at radius 2 is 1.94 bits per heavy atom. The van der Waals surface area contributed by atoms with E-state index in [2.05, 4.69) is 10.6 Å². The lowest BCUT2D eigenvalue weighted by Crippen LogP contribution is -2.55. The number of hydrogen-bond acceptors (Lipinski definition) is 3. The lowest BCUT2D eigenvalue weighted by Gasteiger charge is -2.29. The molecule has 0 radical (unpaired) electrons. The first-order chi connectivity index (χ1) is 8.14. The second-order valence-corrected chi connectivity index (χ2v) is 5.13. The normalized spacial score (nSPS) is 27.6. The van der Waals surface area contributed by atoms with Gasteiger partial charge in [0, 0.05) is 6.54 Å². The number of carboxylic acids is 1. The van der Waals surface area contributed by atoms with Gasteiger partial charge in [-0.2, -0.15) is 0 Å². The van der Waals surface area contributed by atoms with Crippen molar-refractivity contribution in [3.8, 4) is 0 Å². The Morgan fingerprint density at radius 1 is 1.24 bits per heavy atom. The van der Waals surface area contributed by atoms with Crippen LogP contribution in [0.25, 0.3) is 0 Å². The number of rotatable bonds is 3. The average Bonchev–Trinajstić information content (AvgIpc) is 2.80. The first-order valence-corrected chi connectivity index (χ1v) is 6.40. The summed E-state index contributed by atoms with van der Waals surface area (Å²) in [7, 11) is 0. The van der Waals surface area contributed by atoms with Crippen molar-refractivity contribution in [2.24, 2.45) is 5.92 Å². The average molecular weight is 240 g/mol. The van der Waals surface area contributed by atoms with Gasteiger partial charge in [0.25, 0.3) is 0 Å². The third kappa shape index (κ3) is 2.60. The van der Waals surface area contributed by atoms with Gasteiger partial charge in [0.2, 0.25) is 5.91 Å². The Bertz CT molecular complexity index is 305. The van der Waals surface area contributed by atoms with Crippen molar-refractivity contribution >= 4 is 11.9 Å². The highest BCUT2D eigenvalue weighted by Gasteiger charge is 2.43. The van der Waals surface area contributed by atoms with Gasteiger partial charge in [0.05, 0.1) is 5.92 Å². The quantitative estimate of drug-likeness (QED) is 0.671. The van der Waals surface area contributed by atoms with E-state index in [0.29, 0.717) is 19.4 Å². The standard InChI is InChI=1S/C12H20N2O3/c15-10(9-4-3-7-13-8-9)14-12(11(16)17)5-1-2-6-12/h9,13H,1-8H2,(H,14,15)(H,16,17)/t9-/m1/s1. The number of carbonyl (C=O) groups is 2. The fraction of sp³-hybridized carbons (Fsp3) is 0.833. The molecule has 2 fully saturated rings. The van der Waals surface area contributed by atoms with Crippen molar-refractivity contribution in [2.45, 2.75) is 44.1 Å². The molecular weight excluding hydrogens is 220 g/mol. The molecule has 0 spiro atoms. The van der Waals surface area contributed by atoms with Crippen LogP contribution in [0.5, 0.6) is 0 Å². The maximum atomic E-state index is 12.0. The number of aliphatic carboxylic acids is 1. The van der Waals surface area contributed by atoms with Crippen LogP contribution >= 0.6 is 0 Å². The van der Waals surface area contributed by atoms with E-state index in [1.165, 1.54) is 0 Å². The predicted molar refractivity (Wildman–Crippen MR) is 62.6 cm³/mol. The van der Waals surface area contributed by atoms with E-state index in [1.54, 1.807) is 0 Å². The van der Waals surface area contributed by atoms with Crippen molar-refractivity contribution in [3.63, 3.8) is 0 Å². The predicted octanol–water partition coefficient (Wildman–Crippen LogP) is 0.500. The zero-order valence-electron chi connectivity index (χ0n) is 10.00. The van der Waals surface area contributed by atoms with Gasteiger partial charge < -0.3 is 15.7 Å². The molecule has 1 heterocycles. The second-order valence-electron chi connectivity index (χ2n) is 5.13. The molecule has 3 N–H and O–H groups in total. The van der Waals surface area contributed by atoms with E-state index < -0.39 is 11.5 Å². The van der Waals surface area contributed by atoms with Gasteiger partial charge in [-0.25, -0.2) is 4.79 Å². The van der Waals surface area contributed by atoms with Crippen LogP contribution in [0.15, 0.2) is 0 Å². The fourth-order valence-corrected chi connectivity index (χ4v) is 2.78. The van der Waals surface area contributed by atoms with Crippen molar-refractivity contribution < 1.29 is 14.7 Å². The van der Waals surface area contributed by atoms with Gasteiger partial charge in [-0.15, -0.1) is 0 Å². The summed E-state index contributed by atoms with van der Waals surface area (Å²) in [6.07, 6.45) is 4.74. The fourth-order valence-electron chi connectivity index (χ4n) is 2.78. The SMILES string of the molecule is O=C(NC1(C(=O)O)CCCC1)[C@@H]1CCCNC1. The largest absolute Gasteiger partial charge is 0.480 e. The Kier molecular flexibility index (Phi) is 3.66. The molecule has 1 atom stereocenters. The summed E-state index contributed by atoms with van der Waals surface area (Å²) in [6, 6.07) is 0. The van der Waals surface area contributed by atoms with Crippen LogP contribution in [0.1, 0.15) is 38.5 Å². The van der Waals surface area contributed by atoms with Gasteiger partial charge in [-0.1, -0.05) is 12.8 Å². The molecule has 1 saturated heterocycles. The van der Waals surface area contributed by atoms with E-state index in [-0.39, 0.29) is 11.8 Å². The van der Waals surface area contributed by atoms with Gasteiger partial charge in [0.15, 0.2) is 0 Å². The summed E-state index contributed by atoms with van der Waals surface area (Å²) in [6.45, 7) is 1.62. The maximum Gasteiger partial charge on any atom is 0.329 e. The Labute approximate surface area is 101 Å². The topological polar surface area (TPSA) is 78.4 Å². The lowest BCUT2D eigenvalue weighted by atomic mass is 9.93. The second kappa shape index (κ2) is 5.04. The van der Waals surface area contributed by atoms with E-state index in [4.69, 9.17) is 0 Å². The maximum absolute atomic E-state index is 12.0. The molecule has 17 heavy (non-hydrogen) atoms. The highest BCUT2D eigenvalue weighted by atomic mass is 16.4. The number of amides is 1. The van der Waals surface area contributed by atoms with Crippen LogP contribution in [0.4, 0.5) is 0 Å². The summed E-state index contributed by atoms with van der Waals surface area (Å²) in [5.41, 5.74) is -0.992. The minimum atomic E-state index is -0.992. The molecule has 1 amide bonds. The van der Waals surface area contributed by atoms with Gasteiger partial charge in [-0.3, -0.25) is 4.79 Å². The Morgan fingerprint density at radius 3 is 2.47 bits per heavy atom. The zero-order chi connectivity index (χ0) is 12.3. The lowest BCUT2D eigenvalue weighted by molar-refractivity contribution is -0.148. The van der Waals surface area contributed by atoms with Crippen LogP contribution < -0.4 is 10.6 Å². The first kappa shape index (κ1) is 12.4. The summed E-state index contributed by atoms with van der Waals surface area (Å²) >= 11 is 0. The van der Waals surface area contributed by atoms with Crippen LogP contribution in [0.2, 0.25) is 0 Å². The third-order valence-corrected chi connectivity index (χ3v) is 3.90. The highest BCUT2D eigenvalue weighted by Crippen LogP contribution is 2.30. The van der Waals surface area contributed by atoms with Gasteiger partial charge in [0.1, 0.15) is 5.54 Å². The smallest absolute Gasteiger partial charge is 0.329 e. The molecule has 0 unspecified atom stereocenters. The van der Waals surface area contributed by atoms with Gasteiger partial charge >= 0.3 is 5.97 Å². The summed E-state index contributed by atoms with van der Waals surface area (Å²) in [5.74, 6) is -1.05. The minimum Gasteiger partial charge on any atom is -0.480 e. The van der Waals surface area contributed by atoms with Crippen molar-refractivity contribution in [3.05, 3.63) is 0 Å². The number of nitrogens with one attached hydrogen (secondary N) is 2. The monoisotopic (exact) mass is 240 g/mol. The van der Waals surface area contributed by atoms with Crippen LogP contribution in [-0.2, 0) is 9.59 Å². The molecule has 0 aromatic carbocycles. The van der Waals surface area contributed by atoms with Crippen molar-refractivity contribution in [1.29, 1.82) is 0 Å². The van der Waals surface area contributed by atoms with Crippen LogP contribution in [0.3, 0.4) is 0 Å². The molecule has 96 valence electrons. The van der Waals surface area contributed by atoms with E-state index in [0.717, 1.165) is 32.2 Å². The third-order valence-electron chi connectivity index (χ3n) is 3.90. The number of hydrogen-bond donors (Lipinski definition) is 3. The molecule has 1 aliphatic heterocycles. The van der Waals surface area contributed by atoms with Crippen molar-refractivity contribution in [2.75, 3.05) is 13.1 Å². The molecule has 5 nitrogen and oxygen atoms in total. The number of piperidine rings is 1. The van der Waals surface area contributed by atoms with E-state index in [1.807, 2.05) is 0 Å². The molecular formula is C12H20N2O3. The Balaban J connectivity index is 1.98. The molecule has 0 aromatic rings. The van der Waals surface area contributed by atoms with Gasteiger partial charge in [-0.05, 0) is 32.2 Å². The van der Waals surface area contributed by atoms with Crippen molar-refractivity contribution in [1.82, 2.24) is 10.6 Å². The molecule has 2 rings (SSSR count). The molecule has 5 heteroatoms. The van der Waals surface area contributed by atoms with Crippen LogP contribution in [-0.4, -0.2) is 35.6 Å². The number of carbonyl (C=O) groups excluding carboxylic acids is 1. The highest BCUT2D eigenvalue weighted by molar-refractivity contribution is 5.88. The molecule has 2 aliphatic rings. The molecule has 0 bridgehead atoms. The molecule has 0 aromatic heterocycles. The Hall–Kier alpha value is -1.10. The first-order valence-electron chi connectivity index (χ1n) is 6.40. The summed E-state index contributed by atoms with van der Waals surface area (Å²) in [5, 5.41) is 15.2. The van der Waals surface area contributed by atoms with E-state index >= 15 is 0 Å².